The number of aryl methyl sites for hydroxylation is 1. The molecule has 0 spiro atoms. The van der Waals surface area contributed by atoms with Crippen LogP contribution >= 0.6 is 0 Å². The number of anilines is 1. The summed E-state index contributed by atoms with van der Waals surface area (Å²) in [5.41, 5.74) is 4.23. The topological polar surface area (TPSA) is 49.8 Å². The second-order valence-electron chi connectivity index (χ2n) is 6.81. The van der Waals surface area contributed by atoms with Crippen LogP contribution in [-0.2, 0) is 4.79 Å². The van der Waals surface area contributed by atoms with Crippen LogP contribution in [0.15, 0.2) is 84.6 Å². The molecule has 4 rings (SSSR count). The molecule has 1 atom stereocenters. The van der Waals surface area contributed by atoms with E-state index in [2.05, 4.69) is 0 Å². The van der Waals surface area contributed by atoms with Gasteiger partial charge in [-0.05, 0) is 42.3 Å². The highest BCUT2D eigenvalue weighted by Gasteiger charge is 2.41. The van der Waals surface area contributed by atoms with Crippen molar-refractivity contribution in [2.75, 3.05) is 12.0 Å². The Morgan fingerprint density at radius 3 is 2.14 bits per heavy atom. The van der Waals surface area contributed by atoms with Crippen molar-refractivity contribution in [3.63, 3.8) is 0 Å². The second-order valence-corrected chi connectivity index (χ2v) is 6.81. The van der Waals surface area contributed by atoms with Gasteiger partial charge in [0.25, 0.3) is 5.91 Å². The average molecular weight is 371 g/mol. The molecule has 0 aromatic heterocycles. The van der Waals surface area contributed by atoms with E-state index in [0.29, 0.717) is 17.0 Å². The predicted octanol–water partition coefficient (Wildman–Crippen LogP) is 5.06. The number of aliphatic hydroxyl groups excluding tert-OH is 1. The largest absolute Gasteiger partial charge is 0.503 e. The lowest BCUT2D eigenvalue weighted by Crippen LogP contribution is -2.30. The van der Waals surface area contributed by atoms with Crippen LogP contribution in [0.25, 0.3) is 5.57 Å². The Bertz CT molecular complexity index is 1020. The van der Waals surface area contributed by atoms with E-state index in [4.69, 9.17) is 4.74 Å². The number of hydrogen-bond donors (Lipinski definition) is 1. The molecule has 3 aromatic rings. The lowest BCUT2D eigenvalue weighted by atomic mass is 9.93. The van der Waals surface area contributed by atoms with E-state index in [1.54, 1.807) is 12.0 Å². The highest BCUT2D eigenvalue weighted by Crippen LogP contribution is 2.45. The first-order chi connectivity index (χ1) is 13.6. The molecular weight excluding hydrogens is 350 g/mol. The maximum absolute atomic E-state index is 13.1. The third-order valence-electron chi connectivity index (χ3n) is 5.04. The standard InChI is InChI=1S/C24H21NO3/c1-16-8-10-18(11-9-16)22-21(17-6-4-3-5-7-17)23(26)24(27)25(22)19-12-14-20(28-2)15-13-19/h3-15,22,26H,1-2H3/t22-/m1/s1. The van der Waals surface area contributed by atoms with Crippen molar-refractivity contribution in [3.05, 3.63) is 101 Å². The van der Waals surface area contributed by atoms with Crippen LogP contribution in [0.1, 0.15) is 22.7 Å². The molecule has 1 aliphatic heterocycles. The van der Waals surface area contributed by atoms with Gasteiger partial charge in [-0.25, -0.2) is 0 Å². The Hall–Kier alpha value is -3.53. The third kappa shape index (κ3) is 3.03. The summed E-state index contributed by atoms with van der Waals surface area (Å²) in [4.78, 5) is 14.7. The normalized spacial score (nSPS) is 16.6. The van der Waals surface area contributed by atoms with E-state index < -0.39 is 11.9 Å². The van der Waals surface area contributed by atoms with Gasteiger partial charge in [-0.1, -0.05) is 60.2 Å². The molecule has 1 heterocycles. The SMILES string of the molecule is COc1ccc(N2C(=O)C(O)=C(c3ccccc3)[C@H]2c2ccc(C)cc2)cc1. The fraction of sp³-hybridized carbons (Fsp3) is 0.125. The Balaban J connectivity index is 1.87. The molecule has 4 heteroatoms. The van der Waals surface area contributed by atoms with E-state index in [0.717, 1.165) is 16.7 Å². The highest BCUT2D eigenvalue weighted by atomic mass is 16.5. The number of aliphatic hydroxyl groups is 1. The van der Waals surface area contributed by atoms with Crippen molar-refractivity contribution in [2.45, 2.75) is 13.0 Å². The van der Waals surface area contributed by atoms with Crippen LogP contribution in [-0.4, -0.2) is 18.1 Å². The van der Waals surface area contributed by atoms with Crippen LogP contribution in [0.2, 0.25) is 0 Å². The smallest absolute Gasteiger partial charge is 0.294 e. The number of ether oxygens (including phenoxy) is 1. The molecule has 0 fully saturated rings. The third-order valence-corrected chi connectivity index (χ3v) is 5.04. The van der Waals surface area contributed by atoms with Crippen LogP contribution in [0.5, 0.6) is 5.75 Å². The summed E-state index contributed by atoms with van der Waals surface area (Å²) in [6.07, 6.45) is 0. The van der Waals surface area contributed by atoms with Gasteiger partial charge in [-0.2, -0.15) is 0 Å². The van der Waals surface area contributed by atoms with E-state index in [1.165, 1.54) is 0 Å². The molecule has 0 aliphatic carbocycles. The highest BCUT2D eigenvalue weighted by molar-refractivity contribution is 6.16. The van der Waals surface area contributed by atoms with Crippen LogP contribution in [0.3, 0.4) is 0 Å². The van der Waals surface area contributed by atoms with Gasteiger partial charge in [0, 0.05) is 11.3 Å². The van der Waals surface area contributed by atoms with Crippen molar-refractivity contribution in [3.8, 4) is 5.75 Å². The first-order valence-corrected chi connectivity index (χ1v) is 9.13. The van der Waals surface area contributed by atoms with Gasteiger partial charge in [0.15, 0.2) is 5.76 Å². The van der Waals surface area contributed by atoms with Crippen molar-refractivity contribution in [2.24, 2.45) is 0 Å². The van der Waals surface area contributed by atoms with Gasteiger partial charge in [-0.15, -0.1) is 0 Å². The molecule has 28 heavy (non-hydrogen) atoms. The number of rotatable bonds is 4. The summed E-state index contributed by atoms with van der Waals surface area (Å²) >= 11 is 0. The molecule has 1 amide bonds. The molecule has 0 bridgehead atoms. The number of nitrogens with zero attached hydrogens (tertiary/aromatic N) is 1. The number of amides is 1. The monoisotopic (exact) mass is 371 g/mol. The molecule has 140 valence electrons. The van der Waals surface area contributed by atoms with Crippen LogP contribution in [0.4, 0.5) is 5.69 Å². The first-order valence-electron chi connectivity index (χ1n) is 9.13. The first kappa shape index (κ1) is 17.9. The number of methoxy groups -OCH3 is 1. The summed E-state index contributed by atoms with van der Waals surface area (Å²) in [6, 6.07) is 24.5. The fourth-order valence-electron chi connectivity index (χ4n) is 3.59. The molecule has 0 saturated carbocycles. The van der Waals surface area contributed by atoms with Crippen molar-refractivity contribution >= 4 is 17.2 Å². The minimum Gasteiger partial charge on any atom is -0.503 e. The molecule has 1 aliphatic rings. The number of carbonyl (C=O) groups excluding carboxylic acids is 1. The second kappa shape index (κ2) is 7.24. The number of hydrogen-bond acceptors (Lipinski definition) is 3. The van der Waals surface area contributed by atoms with Gasteiger partial charge >= 0.3 is 0 Å². The Morgan fingerprint density at radius 2 is 1.54 bits per heavy atom. The van der Waals surface area contributed by atoms with Crippen LogP contribution in [0, 0.1) is 6.92 Å². The van der Waals surface area contributed by atoms with Gasteiger partial charge < -0.3 is 9.84 Å². The molecule has 0 radical (unpaired) electrons. The maximum Gasteiger partial charge on any atom is 0.294 e. The zero-order chi connectivity index (χ0) is 19.7. The number of carbonyl (C=O) groups is 1. The van der Waals surface area contributed by atoms with E-state index in [1.807, 2.05) is 85.8 Å². The zero-order valence-corrected chi connectivity index (χ0v) is 15.8. The number of benzene rings is 3. The molecular formula is C24H21NO3. The van der Waals surface area contributed by atoms with E-state index in [9.17, 15) is 9.90 Å². The Kier molecular flexibility index (Phi) is 4.62. The predicted molar refractivity (Wildman–Crippen MR) is 110 cm³/mol. The Labute approximate surface area is 164 Å². The molecule has 3 aromatic carbocycles. The summed E-state index contributed by atoms with van der Waals surface area (Å²) in [7, 11) is 1.60. The van der Waals surface area contributed by atoms with Crippen LogP contribution < -0.4 is 9.64 Å². The van der Waals surface area contributed by atoms with Gasteiger partial charge in [0.05, 0.1) is 13.2 Å². The molecule has 0 unspecified atom stereocenters. The lowest BCUT2D eigenvalue weighted by Gasteiger charge is -2.27. The average Bonchev–Trinajstić information content (AvgIpc) is 3.00. The maximum atomic E-state index is 13.1. The van der Waals surface area contributed by atoms with Gasteiger partial charge in [-0.3, -0.25) is 9.69 Å². The zero-order valence-electron chi connectivity index (χ0n) is 15.8. The fourth-order valence-corrected chi connectivity index (χ4v) is 3.59. The van der Waals surface area contributed by atoms with Gasteiger partial charge in [0.2, 0.25) is 0 Å². The minimum absolute atomic E-state index is 0.215. The van der Waals surface area contributed by atoms with E-state index in [-0.39, 0.29) is 5.76 Å². The Morgan fingerprint density at radius 1 is 0.893 bits per heavy atom. The van der Waals surface area contributed by atoms with Crippen molar-refractivity contribution < 1.29 is 14.6 Å². The van der Waals surface area contributed by atoms with Crippen molar-refractivity contribution in [1.29, 1.82) is 0 Å². The summed E-state index contributed by atoms with van der Waals surface area (Å²) < 4.78 is 5.23. The van der Waals surface area contributed by atoms with Gasteiger partial charge in [0.1, 0.15) is 5.75 Å². The summed E-state index contributed by atoms with van der Waals surface area (Å²) in [5.74, 6) is 0.0879. The molecule has 0 saturated heterocycles. The quantitative estimate of drug-likeness (QED) is 0.697. The van der Waals surface area contributed by atoms with Crippen molar-refractivity contribution in [1.82, 2.24) is 0 Å². The molecule has 1 N–H and O–H groups in total. The van der Waals surface area contributed by atoms with E-state index >= 15 is 0 Å². The summed E-state index contributed by atoms with van der Waals surface area (Å²) in [6.45, 7) is 2.02. The molecule has 4 nitrogen and oxygen atoms in total. The lowest BCUT2D eigenvalue weighted by molar-refractivity contribution is -0.117. The summed E-state index contributed by atoms with van der Waals surface area (Å²) in [5, 5.41) is 10.8. The minimum atomic E-state index is -0.413.